The second-order valence-corrected chi connectivity index (χ2v) is 12.6. The summed E-state index contributed by atoms with van der Waals surface area (Å²) in [4.78, 5) is 6.28. The Hall–Kier alpha value is -2.76. The maximum absolute atomic E-state index is 15.4. The van der Waals surface area contributed by atoms with Crippen LogP contribution in [0.15, 0.2) is 35.4 Å². The van der Waals surface area contributed by atoms with Gasteiger partial charge in [0.25, 0.3) is 0 Å². The lowest BCUT2D eigenvalue weighted by molar-refractivity contribution is 0.0353. The van der Waals surface area contributed by atoms with Crippen molar-refractivity contribution in [2.75, 3.05) is 39.6 Å². The van der Waals surface area contributed by atoms with Gasteiger partial charge in [-0.3, -0.25) is 0 Å². The molecule has 4 rings (SSSR count). The molecule has 0 aliphatic carbocycles. The van der Waals surface area contributed by atoms with Crippen LogP contribution in [0.3, 0.4) is 0 Å². The number of sulfone groups is 1. The van der Waals surface area contributed by atoms with Crippen LogP contribution in [-0.2, 0) is 22.7 Å². The Morgan fingerprint density at radius 3 is 2.27 bits per heavy atom. The minimum absolute atomic E-state index is 0.0169. The van der Waals surface area contributed by atoms with Crippen molar-refractivity contribution >= 4 is 20.7 Å². The number of aliphatic hydroxyl groups is 1. The van der Waals surface area contributed by atoms with Gasteiger partial charge in [0, 0.05) is 23.8 Å². The third kappa shape index (κ3) is 6.75. The molecule has 1 N–H and O–H groups in total. The highest BCUT2D eigenvalue weighted by molar-refractivity contribution is 7.90. The van der Waals surface area contributed by atoms with Crippen LogP contribution in [0.2, 0.25) is 0 Å². The van der Waals surface area contributed by atoms with E-state index in [1.54, 1.807) is 18.2 Å². The van der Waals surface area contributed by atoms with E-state index in [-0.39, 0.29) is 24.0 Å². The van der Waals surface area contributed by atoms with E-state index in [1.807, 2.05) is 0 Å². The molecular formula is C29H34F4N2O4S. The zero-order chi connectivity index (χ0) is 29.1. The van der Waals surface area contributed by atoms with Gasteiger partial charge in [-0.1, -0.05) is 0 Å². The van der Waals surface area contributed by atoms with Gasteiger partial charge >= 0.3 is 0 Å². The van der Waals surface area contributed by atoms with E-state index in [0.717, 1.165) is 44.3 Å². The van der Waals surface area contributed by atoms with Crippen LogP contribution in [-0.4, -0.2) is 63.0 Å². The number of methoxy groups -OCH3 is 1. The van der Waals surface area contributed by atoms with Crippen LogP contribution in [0.25, 0.3) is 10.9 Å². The van der Waals surface area contributed by atoms with Crippen molar-refractivity contribution in [3.8, 4) is 5.75 Å². The summed E-state index contributed by atoms with van der Waals surface area (Å²) in [6, 6.07) is 6.96. The first-order valence-corrected chi connectivity index (χ1v) is 15.2. The van der Waals surface area contributed by atoms with E-state index >= 15 is 4.39 Å². The van der Waals surface area contributed by atoms with Crippen molar-refractivity contribution in [1.82, 2.24) is 9.88 Å². The average Bonchev–Trinajstić information content (AvgIpc) is 2.92. The number of ether oxygens (including phenoxy) is 1. The van der Waals surface area contributed by atoms with Crippen LogP contribution in [0, 0.1) is 28.7 Å². The van der Waals surface area contributed by atoms with Crippen molar-refractivity contribution in [3.63, 3.8) is 0 Å². The molecule has 0 unspecified atom stereocenters. The topological polar surface area (TPSA) is 79.7 Å². The fraction of sp³-hybridized carbons (Fsp3) is 0.483. The second-order valence-electron chi connectivity index (χ2n) is 10.7. The third-order valence-corrected chi connectivity index (χ3v) is 8.90. The Kier molecular flexibility index (Phi) is 9.36. The molecule has 6 nitrogen and oxygen atoms in total. The van der Waals surface area contributed by atoms with Gasteiger partial charge in [0.05, 0.1) is 12.6 Å². The first-order chi connectivity index (χ1) is 19.0. The molecule has 0 radical (unpaired) electrons. The van der Waals surface area contributed by atoms with Crippen LogP contribution >= 0.6 is 0 Å². The van der Waals surface area contributed by atoms with Crippen molar-refractivity contribution in [2.24, 2.45) is 5.41 Å². The number of benzene rings is 2. The average molecular weight is 583 g/mol. The van der Waals surface area contributed by atoms with E-state index in [2.05, 4.69) is 9.88 Å². The number of aromatic nitrogens is 1. The number of piperidine rings is 1. The van der Waals surface area contributed by atoms with Gasteiger partial charge in [-0.25, -0.2) is 31.0 Å². The molecule has 0 spiro atoms. The Morgan fingerprint density at radius 2 is 1.68 bits per heavy atom. The summed E-state index contributed by atoms with van der Waals surface area (Å²) in [7, 11) is -2.38. The highest BCUT2D eigenvalue weighted by Crippen LogP contribution is 2.37. The van der Waals surface area contributed by atoms with Crippen molar-refractivity contribution in [1.29, 1.82) is 0 Å². The number of fused-ring (bicyclic) bond motifs is 1. The summed E-state index contributed by atoms with van der Waals surface area (Å²) in [5.74, 6) is -4.18. The van der Waals surface area contributed by atoms with Crippen LogP contribution < -0.4 is 4.74 Å². The SMILES string of the molecule is COc1ccc2nc(S(C)(=O)=O)c(F)c(CCCC3(CO)CCN(CCCc4cc(F)c(F)c(F)c4)CC3)c2c1. The molecule has 40 heavy (non-hydrogen) atoms. The smallest absolute Gasteiger partial charge is 0.195 e. The zero-order valence-corrected chi connectivity index (χ0v) is 23.5. The summed E-state index contributed by atoms with van der Waals surface area (Å²) in [5, 5.41) is 10.2. The molecule has 3 aromatic rings. The monoisotopic (exact) mass is 582 g/mol. The molecule has 1 fully saturated rings. The number of halogens is 4. The van der Waals surface area contributed by atoms with Crippen molar-refractivity contribution < 1.29 is 35.8 Å². The van der Waals surface area contributed by atoms with Crippen molar-refractivity contribution in [3.05, 3.63) is 64.7 Å². The minimum Gasteiger partial charge on any atom is -0.497 e. The number of likely N-dealkylation sites (tertiary alicyclic amines) is 1. The van der Waals surface area contributed by atoms with Crippen LogP contribution in [0.4, 0.5) is 17.6 Å². The number of nitrogens with zero attached hydrogens (tertiary/aromatic N) is 2. The number of hydrogen-bond donors (Lipinski definition) is 1. The Bertz CT molecular complexity index is 1450. The van der Waals surface area contributed by atoms with Crippen molar-refractivity contribution in [2.45, 2.75) is 50.0 Å². The first kappa shape index (κ1) is 30.2. The highest BCUT2D eigenvalue weighted by atomic mass is 32.2. The number of aryl methyl sites for hydroxylation is 2. The maximum Gasteiger partial charge on any atom is 0.195 e. The quantitative estimate of drug-likeness (QED) is 0.246. The normalized spacial score (nSPS) is 16.0. The van der Waals surface area contributed by atoms with E-state index in [9.17, 15) is 26.7 Å². The highest BCUT2D eigenvalue weighted by Gasteiger charge is 2.34. The Morgan fingerprint density at radius 1 is 1.00 bits per heavy atom. The maximum atomic E-state index is 15.4. The van der Waals surface area contributed by atoms with Gasteiger partial charge in [0.2, 0.25) is 0 Å². The van der Waals surface area contributed by atoms with Gasteiger partial charge in [0.1, 0.15) is 5.75 Å². The summed E-state index contributed by atoms with van der Waals surface area (Å²) >= 11 is 0. The summed E-state index contributed by atoms with van der Waals surface area (Å²) in [6.45, 7) is 2.15. The molecule has 0 atom stereocenters. The standard InChI is InChI=1S/C29H34F4N2O4S/c1-39-20-7-8-25-22(17-20)21(26(32)28(34-25)40(2,37)38)6-3-9-29(18-36)10-13-35(14-11-29)12-4-5-19-15-23(30)27(33)24(31)16-19/h7-8,15-17,36H,3-6,9-14,18H2,1-2H3. The van der Waals surface area contributed by atoms with Gasteiger partial charge in [0.15, 0.2) is 38.1 Å². The Balaban J connectivity index is 1.38. The molecule has 1 saturated heterocycles. The number of aliphatic hydroxyl groups excluding tert-OH is 1. The molecule has 218 valence electrons. The molecule has 1 aliphatic heterocycles. The predicted molar refractivity (Wildman–Crippen MR) is 144 cm³/mol. The van der Waals surface area contributed by atoms with E-state index in [0.29, 0.717) is 54.4 Å². The summed E-state index contributed by atoms with van der Waals surface area (Å²) in [6.07, 6.45) is 4.90. The largest absolute Gasteiger partial charge is 0.497 e. The lowest BCUT2D eigenvalue weighted by Gasteiger charge is -2.41. The number of rotatable bonds is 11. The molecule has 1 aliphatic rings. The fourth-order valence-electron chi connectivity index (χ4n) is 5.51. The fourth-order valence-corrected chi connectivity index (χ4v) is 6.23. The second kappa shape index (κ2) is 12.4. The molecule has 0 bridgehead atoms. The summed E-state index contributed by atoms with van der Waals surface area (Å²) in [5.41, 5.74) is 0.708. The zero-order valence-electron chi connectivity index (χ0n) is 22.7. The lowest BCUT2D eigenvalue weighted by Crippen LogP contribution is -2.42. The third-order valence-electron chi connectivity index (χ3n) is 7.92. The van der Waals surface area contributed by atoms with E-state index in [1.165, 1.54) is 7.11 Å². The molecule has 2 heterocycles. The van der Waals surface area contributed by atoms with Gasteiger partial charge in [-0.15, -0.1) is 0 Å². The van der Waals surface area contributed by atoms with Gasteiger partial charge in [-0.05, 0) is 106 Å². The van der Waals surface area contributed by atoms with Gasteiger partial charge < -0.3 is 14.7 Å². The van der Waals surface area contributed by atoms with Gasteiger partial charge in [-0.2, -0.15) is 0 Å². The molecule has 11 heteroatoms. The van der Waals surface area contributed by atoms with E-state index in [4.69, 9.17) is 4.74 Å². The first-order valence-electron chi connectivity index (χ1n) is 13.3. The van der Waals surface area contributed by atoms with E-state index < -0.39 is 38.1 Å². The minimum atomic E-state index is -3.88. The molecule has 0 amide bonds. The molecule has 0 saturated carbocycles. The summed E-state index contributed by atoms with van der Waals surface area (Å²) < 4.78 is 85.2. The predicted octanol–water partition coefficient (Wildman–Crippen LogP) is 5.23. The number of pyridine rings is 1. The lowest BCUT2D eigenvalue weighted by atomic mass is 9.75. The number of hydrogen-bond acceptors (Lipinski definition) is 6. The van der Waals surface area contributed by atoms with Crippen LogP contribution in [0.5, 0.6) is 5.75 Å². The molecule has 1 aromatic heterocycles. The Labute approximate surface area is 231 Å². The molecular weight excluding hydrogens is 548 g/mol. The molecule has 2 aromatic carbocycles. The van der Waals surface area contributed by atoms with Crippen LogP contribution in [0.1, 0.15) is 43.2 Å².